The van der Waals surface area contributed by atoms with E-state index in [-0.39, 0.29) is 22.8 Å². The summed E-state index contributed by atoms with van der Waals surface area (Å²) in [6.45, 7) is 1.91. The van der Waals surface area contributed by atoms with E-state index in [0.717, 1.165) is 22.5 Å². The Balaban J connectivity index is 1.74. The van der Waals surface area contributed by atoms with Gasteiger partial charge in [0.2, 0.25) is 0 Å². The molecule has 1 saturated heterocycles. The van der Waals surface area contributed by atoms with Gasteiger partial charge >= 0.3 is 0 Å². The van der Waals surface area contributed by atoms with Gasteiger partial charge < -0.3 is 0 Å². The van der Waals surface area contributed by atoms with Gasteiger partial charge in [-0.1, -0.05) is 42.3 Å². The normalized spacial score (nSPS) is 22.3. The lowest BCUT2D eigenvalue weighted by Gasteiger charge is -2.30. The molecule has 0 N–H and O–H groups in total. The summed E-state index contributed by atoms with van der Waals surface area (Å²) >= 11 is 12.1. The van der Waals surface area contributed by atoms with E-state index in [1.165, 1.54) is 18.2 Å². The summed E-state index contributed by atoms with van der Waals surface area (Å²) in [6.07, 6.45) is 2.00. The number of non-ortho nitro benzene ring substituents is 1. The van der Waals surface area contributed by atoms with Crippen LogP contribution in [0.4, 0.5) is 5.69 Å². The summed E-state index contributed by atoms with van der Waals surface area (Å²) in [5, 5.41) is 13.8. The number of hydrazine groups is 1. The molecule has 0 bridgehead atoms. The highest BCUT2D eigenvalue weighted by Gasteiger charge is 2.52. The maximum absolute atomic E-state index is 13.5. The van der Waals surface area contributed by atoms with Crippen LogP contribution in [0.1, 0.15) is 42.1 Å². The zero-order valence-electron chi connectivity index (χ0n) is 17.7. The van der Waals surface area contributed by atoms with Gasteiger partial charge in [-0.15, -0.1) is 0 Å². The number of nitro groups is 1. The molecule has 1 saturated carbocycles. The van der Waals surface area contributed by atoms with Crippen LogP contribution in [0.3, 0.4) is 0 Å². The molecular weight excluding hydrogens is 469 g/mol. The highest BCUT2D eigenvalue weighted by molar-refractivity contribution is 6.42. The third kappa shape index (κ3) is 4.45. The molecule has 0 aromatic heterocycles. The molecule has 33 heavy (non-hydrogen) atoms. The van der Waals surface area contributed by atoms with E-state index in [9.17, 15) is 24.5 Å². The van der Waals surface area contributed by atoms with E-state index in [1.807, 2.05) is 6.92 Å². The zero-order chi connectivity index (χ0) is 23.9. The van der Waals surface area contributed by atoms with Crippen LogP contribution < -0.4 is 0 Å². The van der Waals surface area contributed by atoms with E-state index >= 15 is 0 Å². The Morgan fingerprint density at radius 1 is 1.09 bits per heavy atom. The van der Waals surface area contributed by atoms with E-state index in [0.29, 0.717) is 29.3 Å². The molecule has 2 fully saturated rings. The summed E-state index contributed by atoms with van der Waals surface area (Å²) in [5.74, 6) is -2.18. The number of hydrogen-bond acceptors (Lipinski definition) is 5. The second-order valence-electron chi connectivity index (χ2n) is 8.54. The molecule has 172 valence electrons. The van der Waals surface area contributed by atoms with Crippen molar-refractivity contribution >= 4 is 46.6 Å². The van der Waals surface area contributed by atoms with Crippen molar-refractivity contribution in [2.45, 2.75) is 32.7 Å². The smallest absolute Gasteiger partial charge is 0.272 e. The average molecular weight is 490 g/mol. The summed E-state index contributed by atoms with van der Waals surface area (Å²) in [5.41, 5.74) is 0.275. The predicted octanol–water partition coefficient (Wildman–Crippen LogP) is 4.88. The molecule has 1 aliphatic carbocycles. The van der Waals surface area contributed by atoms with Crippen LogP contribution in [0.15, 0.2) is 42.5 Å². The Morgan fingerprint density at radius 3 is 2.52 bits per heavy atom. The quantitative estimate of drug-likeness (QED) is 0.338. The topological polar surface area (TPSA) is 101 Å². The first-order valence-electron chi connectivity index (χ1n) is 10.6. The van der Waals surface area contributed by atoms with E-state index < -0.39 is 34.5 Å². The van der Waals surface area contributed by atoms with Crippen LogP contribution in [-0.2, 0) is 16.1 Å². The molecule has 3 atom stereocenters. The largest absolute Gasteiger partial charge is 0.273 e. The highest BCUT2D eigenvalue weighted by Crippen LogP contribution is 2.41. The number of amides is 3. The third-order valence-corrected chi connectivity index (χ3v) is 7.00. The predicted molar refractivity (Wildman–Crippen MR) is 121 cm³/mol. The molecule has 1 heterocycles. The second kappa shape index (κ2) is 9.11. The minimum absolute atomic E-state index is 0.00639. The number of carbonyl (C=O) groups excluding carboxylic acids is 3. The van der Waals surface area contributed by atoms with Gasteiger partial charge in [0, 0.05) is 17.7 Å². The molecule has 0 spiro atoms. The molecule has 2 aromatic rings. The fraction of sp³-hybridized carbons (Fsp3) is 0.348. The Morgan fingerprint density at radius 2 is 1.82 bits per heavy atom. The minimum Gasteiger partial charge on any atom is -0.272 e. The maximum atomic E-state index is 13.5. The van der Waals surface area contributed by atoms with Crippen molar-refractivity contribution in [2.24, 2.45) is 17.8 Å². The van der Waals surface area contributed by atoms with Crippen molar-refractivity contribution in [2.75, 3.05) is 0 Å². The summed E-state index contributed by atoms with van der Waals surface area (Å²) in [4.78, 5) is 50.7. The number of imide groups is 1. The molecule has 0 unspecified atom stereocenters. The summed E-state index contributed by atoms with van der Waals surface area (Å²) in [7, 11) is 0. The number of carbonyl (C=O) groups is 3. The number of hydrogen-bond donors (Lipinski definition) is 0. The van der Waals surface area contributed by atoms with Crippen LogP contribution in [0.2, 0.25) is 10.0 Å². The van der Waals surface area contributed by atoms with E-state index in [2.05, 4.69) is 0 Å². The molecule has 2 aromatic carbocycles. The number of rotatable bonds is 5. The molecular formula is C23H21Cl2N3O5. The molecule has 2 aliphatic rings. The fourth-order valence-corrected chi connectivity index (χ4v) is 4.88. The number of nitro benzene ring substituents is 1. The van der Waals surface area contributed by atoms with Crippen LogP contribution in [0.25, 0.3) is 0 Å². The Labute approximate surface area is 200 Å². The van der Waals surface area contributed by atoms with Crippen LogP contribution in [0.5, 0.6) is 0 Å². The average Bonchev–Trinajstić information content (AvgIpc) is 3.03. The first kappa shape index (κ1) is 23.2. The van der Waals surface area contributed by atoms with Crippen molar-refractivity contribution < 1.29 is 19.3 Å². The van der Waals surface area contributed by atoms with Gasteiger partial charge in [-0.3, -0.25) is 24.5 Å². The highest BCUT2D eigenvalue weighted by atomic mass is 35.5. The molecule has 4 rings (SSSR count). The van der Waals surface area contributed by atoms with Gasteiger partial charge in [0.05, 0.1) is 33.3 Å². The van der Waals surface area contributed by atoms with E-state index in [4.69, 9.17) is 23.2 Å². The molecule has 3 amide bonds. The van der Waals surface area contributed by atoms with Gasteiger partial charge in [-0.2, -0.15) is 5.01 Å². The van der Waals surface area contributed by atoms with Gasteiger partial charge in [0.1, 0.15) is 0 Å². The number of halogens is 2. The van der Waals surface area contributed by atoms with Crippen LogP contribution in [0, 0.1) is 27.9 Å². The van der Waals surface area contributed by atoms with Crippen molar-refractivity contribution in [3.8, 4) is 0 Å². The number of benzene rings is 2. The monoisotopic (exact) mass is 489 g/mol. The van der Waals surface area contributed by atoms with Crippen molar-refractivity contribution in [3.63, 3.8) is 0 Å². The lowest BCUT2D eigenvalue weighted by atomic mass is 9.76. The van der Waals surface area contributed by atoms with Gasteiger partial charge in [-0.25, -0.2) is 5.01 Å². The van der Waals surface area contributed by atoms with Crippen molar-refractivity contribution in [3.05, 3.63) is 73.8 Å². The minimum atomic E-state index is -0.696. The standard InChI is InChI=1S/C23H21Cl2N3O5/c1-13-5-7-17-18(9-13)23(31)27(22(17)30)26(12-14-6-8-19(24)20(25)10-14)21(29)15-3-2-4-16(11-15)28(32)33/h2-4,6,8,10-11,13,17-18H,5,7,9,12H2,1H3/t13-,17-,18+/m1/s1. The van der Waals surface area contributed by atoms with Crippen LogP contribution >= 0.6 is 23.2 Å². The lowest BCUT2D eigenvalue weighted by Crippen LogP contribution is -2.49. The fourth-order valence-electron chi connectivity index (χ4n) is 4.56. The maximum Gasteiger partial charge on any atom is 0.273 e. The summed E-state index contributed by atoms with van der Waals surface area (Å²) in [6, 6.07) is 9.95. The molecule has 10 heteroatoms. The second-order valence-corrected chi connectivity index (χ2v) is 9.35. The van der Waals surface area contributed by atoms with Crippen LogP contribution in [-0.4, -0.2) is 32.7 Å². The van der Waals surface area contributed by atoms with Crippen molar-refractivity contribution in [1.82, 2.24) is 10.0 Å². The number of fused-ring (bicyclic) bond motifs is 1. The molecule has 8 nitrogen and oxygen atoms in total. The molecule has 1 aliphatic heterocycles. The Bertz CT molecular complexity index is 1150. The zero-order valence-corrected chi connectivity index (χ0v) is 19.3. The number of nitrogens with zero attached hydrogens (tertiary/aromatic N) is 3. The van der Waals surface area contributed by atoms with Crippen molar-refractivity contribution in [1.29, 1.82) is 0 Å². The van der Waals surface area contributed by atoms with E-state index in [1.54, 1.807) is 18.2 Å². The molecule has 0 radical (unpaired) electrons. The van der Waals surface area contributed by atoms with Gasteiger partial charge in [0.25, 0.3) is 23.4 Å². The summed E-state index contributed by atoms with van der Waals surface area (Å²) < 4.78 is 0. The van der Waals surface area contributed by atoms with Gasteiger partial charge in [-0.05, 0) is 48.9 Å². The van der Waals surface area contributed by atoms with Gasteiger partial charge in [0.15, 0.2) is 0 Å². The first-order chi connectivity index (χ1) is 15.7. The first-order valence-corrected chi connectivity index (χ1v) is 11.3. The lowest BCUT2D eigenvalue weighted by molar-refractivity contribution is -0.384. The Kier molecular flexibility index (Phi) is 6.41. The third-order valence-electron chi connectivity index (χ3n) is 6.26. The Hall–Kier alpha value is -2.97. The SMILES string of the molecule is C[C@@H]1CC[C@H]2C(=O)N(N(Cc3ccc(Cl)c(Cl)c3)C(=O)c3cccc([N+](=O)[O-])c3)C(=O)[C@H]2C1.